The van der Waals surface area contributed by atoms with Gasteiger partial charge in [-0.15, -0.1) is 0 Å². The lowest BCUT2D eigenvalue weighted by Gasteiger charge is -2.29. The molecule has 1 aliphatic heterocycles. The van der Waals surface area contributed by atoms with Gasteiger partial charge in [0.1, 0.15) is 0 Å². The van der Waals surface area contributed by atoms with Crippen LogP contribution < -0.4 is 16.0 Å². The predicted molar refractivity (Wildman–Crippen MR) is 69.9 cm³/mol. The molecule has 0 atom stereocenters. The van der Waals surface area contributed by atoms with Gasteiger partial charge in [-0.1, -0.05) is 27.7 Å². The molecular weight excluding hydrogens is 216 g/mol. The van der Waals surface area contributed by atoms with Crippen molar-refractivity contribution < 1.29 is 4.79 Å². The summed E-state index contributed by atoms with van der Waals surface area (Å²) in [5.74, 6) is 1.21. The van der Waals surface area contributed by atoms with Crippen LogP contribution >= 0.6 is 0 Å². The van der Waals surface area contributed by atoms with Gasteiger partial charge in [0.25, 0.3) is 0 Å². The van der Waals surface area contributed by atoms with Gasteiger partial charge in [-0.2, -0.15) is 0 Å². The zero-order valence-corrected chi connectivity index (χ0v) is 11.3. The highest BCUT2D eigenvalue weighted by molar-refractivity contribution is 5.86. The zero-order chi connectivity index (χ0) is 12.9. The minimum Gasteiger partial charge on any atom is -0.356 e. The number of hydrogen-bond acceptors (Lipinski definition) is 4. The van der Waals surface area contributed by atoms with Crippen LogP contribution in [0.4, 0.5) is 0 Å². The summed E-state index contributed by atoms with van der Waals surface area (Å²) >= 11 is 0. The molecule has 0 aromatic rings. The Labute approximate surface area is 103 Å². The van der Waals surface area contributed by atoms with Gasteiger partial charge in [0.15, 0.2) is 5.96 Å². The van der Waals surface area contributed by atoms with E-state index >= 15 is 0 Å². The maximum atomic E-state index is 11.5. The van der Waals surface area contributed by atoms with E-state index in [1.165, 1.54) is 0 Å². The summed E-state index contributed by atoms with van der Waals surface area (Å²) in [5, 5.41) is 9.05. The summed E-state index contributed by atoms with van der Waals surface area (Å²) in [6.45, 7) is 11.1. The van der Waals surface area contributed by atoms with E-state index in [4.69, 9.17) is 0 Å². The van der Waals surface area contributed by atoms with E-state index in [0.717, 1.165) is 19.0 Å². The molecule has 1 rings (SSSR count). The summed E-state index contributed by atoms with van der Waals surface area (Å²) in [6.07, 6.45) is 0. The van der Waals surface area contributed by atoms with Gasteiger partial charge in [0.2, 0.25) is 5.91 Å². The number of carbonyl (C=O) groups is 1. The predicted octanol–water partition coefficient (Wildman–Crippen LogP) is 0.334. The lowest BCUT2D eigenvalue weighted by atomic mass is 9.93. The molecule has 5 nitrogen and oxygen atoms in total. The fourth-order valence-corrected chi connectivity index (χ4v) is 1.39. The Kier molecular flexibility index (Phi) is 4.78. The van der Waals surface area contributed by atoms with E-state index in [1.807, 2.05) is 0 Å². The first-order valence-electron chi connectivity index (χ1n) is 6.18. The normalized spacial score (nSPS) is 18.3. The van der Waals surface area contributed by atoms with E-state index in [0.29, 0.717) is 12.5 Å². The molecule has 1 amide bonds. The summed E-state index contributed by atoms with van der Waals surface area (Å²) in [5.41, 5.74) is 0.199. The first kappa shape index (κ1) is 13.8. The molecule has 5 heteroatoms. The SMILES string of the molecule is CC(C)CNC(=O)CNC1=NCC(C)(C)CN1. The van der Waals surface area contributed by atoms with Crippen LogP contribution in [0.5, 0.6) is 0 Å². The second kappa shape index (κ2) is 5.89. The summed E-state index contributed by atoms with van der Waals surface area (Å²) in [6, 6.07) is 0. The maximum Gasteiger partial charge on any atom is 0.239 e. The van der Waals surface area contributed by atoms with Gasteiger partial charge in [0, 0.05) is 25.0 Å². The van der Waals surface area contributed by atoms with E-state index in [9.17, 15) is 4.79 Å². The van der Waals surface area contributed by atoms with Gasteiger partial charge in [-0.25, -0.2) is 0 Å². The Hall–Kier alpha value is -1.26. The van der Waals surface area contributed by atoms with Crippen molar-refractivity contribution in [1.29, 1.82) is 0 Å². The van der Waals surface area contributed by atoms with Crippen molar-refractivity contribution in [2.75, 3.05) is 26.2 Å². The van der Waals surface area contributed by atoms with E-state index in [-0.39, 0.29) is 17.9 Å². The third kappa shape index (κ3) is 5.56. The van der Waals surface area contributed by atoms with E-state index in [1.54, 1.807) is 0 Å². The Bertz CT molecular complexity index is 297. The standard InChI is InChI=1S/C12H24N4O/c1-9(2)5-13-10(17)6-14-11-15-7-12(3,4)8-16-11/h9H,5-8H2,1-4H3,(H,13,17)(H2,14,15,16). The Balaban J connectivity index is 2.23. The largest absolute Gasteiger partial charge is 0.356 e. The molecule has 0 aromatic carbocycles. The molecule has 0 saturated carbocycles. The highest BCUT2D eigenvalue weighted by atomic mass is 16.1. The van der Waals surface area contributed by atoms with Crippen molar-refractivity contribution in [2.45, 2.75) is 27.7 Å². The minimum atomic E-state index is 0.00744. The molecule has 0 bridgehead atoms. The topological polar surface area (TPSA) is 65.5 Å². The Morgan fingerprint density at radius 3 is 2.76 bits per heavy atom. The van der Waals surface area contributed by atoms with Crippen molar-refractivity contribution in [3.05, 3.63) is 0 Å². The lowest BCUT2D eigenvalue weighted by Crippen LogP contribution is -2.49. The zero-order valence-electron chi connectivity index (χ0n) is 11.3. The molecule has 0 radical (unpaired) electrons. The Morgan fingerprint density at radius 1 is 1.53 bits per heavy atom. The summed E-state index contributed by atoms with van der Waals surface area (Å²) < 4.78 is 0. The maximum absolute atomic E-state index is 11.5. The molecular formula is C12H24N4O. The van der Waals surface area contributed by atoms with Crippen LogP contribution in [0.15, 0.2) is 4.99 Å². The number of amides is 1. The van der Waals surface area contributed by atoms with Crippen molar-refractivity contribution in [3.8, 4) is 0 Å². The smallest absolute Gasteiger partial charge is 0.239 e. The van der Waals surface area contributed by atoms with Crippen LogP contribution in [-0.4, -0.2) is 38.0 Å². The van der Waals surface area contributed by atoms with Gasteiger partial charge < -0.3 is 16.0 Å². The van der Waals surface area contributed by atoms with Gasteiger partial charge >= 0.3 is 0 Å². The first-order chi connectivity index (χ1) is 7.89. The fraction of sp³-hybridized carbons (Fsp3) is 0.833. The lowest BCUT2D eigenvalue weighted by molar-refractivity contribution is -0.120. The Morgan fingerprint density at radius 2 is 2.24 bits per heavy atom. The quantitative estimate of drug-likeness (QED) is 0.663. The average Bonchev–Trinajstić information content (AvgIpc) is 2.25. The molecule has 1 heterocycles. The second-order valence-electron chi connectivity index (χ2n) is 5.73. The number of hydrogen-bond donors (Lipinski definition) is 3. The van der Waals surface area contributed by atoms with Gasteiger partial charge in [0.05, 0.1) is 6.54 Å². The van der Waals surface area contributed by atoms with Crippen LogP contribution in [0, 0.1) is 11.3 Å². The van der Waals surface area contributed by atoms with Crippen molar-refractivity contribution in [1.82, 2.24) is 16.0 Å². The first-order valence-corrected chi connectivity index (χ1v) is 6.18. The number of carbonyl (C=O) groups excluding carboxylic acids is 1. The van der Waals surface area contributed by atoms with Crippen LogP contribution in [0.25, 0.3) is 0 Å². The van der Waals surface area contributed by atoms with Crippen molar-refractivity contribution >= 4 is 11.9 Å². The van der Waals surface area contributed by atoms with Crippen LogP contribution in [0.3, 0.4) is 0 Å². The molecule has 0 aromatic heterocycles. The summed E-state index contributed by atoms with van der Waals surface area (Å²) in [4.78, 5) is 15.8. The summed E-state index contributed by atoms with van der Waals surface area (Å²) in [7, 11) is 0. The number of aliphatic imine (C=N–C) groups is 1. The highest BCUT2D eigenvalue weighted by Crippen LogP contribution is 2.15. The highest BCUT2D eigenvalue weighted by Gasteiger charge is 2.22. The molecule has 0 unspecified atom stereocenters. The molecule has 0 saturated heterocycles. The molecule has 98 valence electrons. The minimum absolute atomic E-state index is 0.00744. The van der Waals surface area contributed by atoms with Gasteiger partial charge in [-0.05, 0) is 5.92 Å². The monoisotopic (exact) mass is 240 g/mol. The third-order valence-electron chi connectivity index (χ3n) is 2.52. The van der Waals surface area contributed by atoms with E-state index in [2.05, 4.69) is 48.6 Å². The second-order valence-corrected chi connectivity index (χ2v) is 5.73. The number of rotatable bonds is 4. The average molecular weight is 240 g/mol. The van der Waals surface area contributed by atoms with Crippen LogP contribution in [-0.2, 0) is 4.79 Å². The third-order valence-corrected chi connectivity index (χ3v) is 2.52. The van der Waals surface area contributed by atoms with Crippen LogP contribution in [0.2, 0.25) is 0 Å². The molecule has 3 N–H and O–H groups in total. The number of nitrogens with zero attached hydrogens (tertiary/aromatic N) is 1. The number of nitrogens with one attached hydrogen (secondary N) is 3. The van der Waals surface area contributed by atoms with Gasteiger partial charge in [-0.3, -0.25) is 9.79 Å². The molecule has 0 aliphatic carbocycles. The van der Waals surface area contributed by atoms with Crippen molar-refractivity contribution in [3.63, 3.8) is 0 Å². The molecule has 0 spiro atoms. The molecule has 1 aliphatic rings. The number of guanidine groups is 1. The van der Waals surface area contributed by atoms with Crippen molar-refractivity contribution in [2.24, 2.45) is 16.3 Å². The molecule has 17 heavy (non-hydrogen) atoms. The molecule has 0 fully saturated rings. The fourth-order valence-electron chi connectivity index (χ4n) is 1.39. The van der Waals surface area contributed by atoms with E-state index < -0.39 is 0 Å². The van der Waals surface area contributed by atoms with Crippen LogP contribution in [0.1, 0.15) is 27.7 Å².